The van der Waals surface area contributed by atoms with E-state index in [2.05, 4.69) is 15.9 Å². The number of hydrogen-bond donors (Lipinski definition) is 0. The van der Waals surface area contributed by atoms with Crippen molar-refractivity contribution in [3.05, 3.63) is 22.2 Å². The van der Waals surface area contributed by atoms with Gasteiger partial charge in [0, 0.05) is 10.0 Å². The number of carbonyl (C=O) groups excluding carboxylic acids is 1. The number of fused-ring (bicyclic) bond motifs is 1. The Labute approximate surface area is 150 Å². The van der Waals surface area contributed by atoms with E-state index in [1.807, 2.05) is 39.8 Å². The fourth-order valence-corrected chi connectivity index (χ4v) is 4.15. The van der Waals surface area contributed by atoms with Crippen LogP contribution in [-0.4, -0.2) is 43.4 Å². The summed E-state index contributed by atoms with van der Waals surface area (Å²) in [5.74, 6) is 0.679. The van der Waals surface area contributed by atoms with Crippen LogP contribution in [0.4, 0.5) is 0 Å². The topological polar surface area (TPSA) is 57.3 Å². The van der Waals surface area contributed by atoms with Crippen molar-refractivity contribution < 1.29 is 23.7 Å². The summed E-state index contributed by atoms with van der Waals surface area (Å²) in [6, 6.07) is 3.68. The van der Waals surface area contributed by atoms with Gasteiger partial charge in [-0.2, -0.15) is 0 Å². The predicted octanol–water partition coefficient (Wildman–Crippen LogP) is 3.47. The van der Waals surface area contributed by atoms with Gasteiger partial charge in [0.25, 0.3) is 0 Å². The number of benzene rings is 1. The Morgan fingerprint density at radius 1 is 1.08 bits per heavy atom. The number of carbonyl (C=O) groups is 1. The minimum atomic E-state index is -0.923. The first-order chi connectivity index (χ1) is 11.1. The molecule has 0 saturated carbocycles. The lowest BCUT2D eigenvalue weighted by Gasteiger charge is -2.33. The Kier molecular flexibility index (Phi) is 4.21. The molecule has 0 aromatic heterocycles. The highest BCUT2D eigenvalue weighted by Gasteiger charge is 2.63. The number of halogens is 1. The molecule has 6 heteroatoms. The summed E-state index contributed by atoms with van der Waals surface area (Å²) in [5, 5.41) is 0. The number of Topliss-reactive ketones (excluding diaryl/α,β-unsaturated/α-hetero) is 1. The maximum Gasteiger partial charge on any atom is 0.174 e. The molecule has 3 rings (SSSR count). The molecule has 1 aromatic carbocycles. The molecule has 3 unspecified atom stereocenters. The average molecular weight is 399 g/mol. The summed E-state index contributed by atoms with van der Waals surface area (Å²) in [6.45, 7) is 7.55. The van der Waals surface area contributed by atoms with Crippen molar-refractivity contribution in [2.45, 2.75) is 57.0 Å². The Bertz CT molecular complexity index is 657. The molecule has 3 atom stereocenters. The van der Waals surface area contributed by atoms with Gasteiger partial charge < -0.3 is 18.9 Å². The fourth-order valence-electron chi connectivity index (χ4n) is 3.74. The Hall–Kier alpha value is -1.11. The number of hydrogen-bond acceptors (Lipinski definition) is 5. The highest BCUT2D eigenvalue weighted by Crippen LogP contribution is 2.53. The smallest absolute Gasteiger partial charge is 0.174 e. The van der Waals surface area contributed by atoms with Gasteiger partial charge in [-0.05, 0) is 39.8 Å². The quantitative estimate of drug-likeness (QED) is 0.729. The second-order valence-corrected chi connectivity index (χ2v) is 8.22. The minimum absolute atomic E-state index is 0.0282. The molecule has 2 saturated heterocycles. The second-order valence-electron chi connectivity index (χ2n) is 7.30. The van der Waals surface area contributed by atoms with E-state index in [9.17, 15) is 4.79 Å². The van der Waals surface area contributed by atoms with E-state index in [1.54, 1.807) is 14.2 Å². The first-order valence-corrected chi connectivity index (χ1v) is 8.73. The summed E-state index contributed by atoms with van der Waals surface area (Å²) in [4.78, 5) is 13.3. The van der Waals surface area contributed by atoms with Gasteiger partial charge in [-0.25, -0.2) is 0 Å². The third-order valence-electron chi connectivity index (χ3n) is 4.75. The first kappa shape index (κ1) is 17.7. The maximum absolute atomic E-state index is 13.3. The van der Waals surface area contributed by atoms with E-state index in [-0.39, 0.29) is 18.0 Å². The van der Waals surface area contributed by atoms with Gasteiger partial charge in [0.1, 0.15) is 29.3 Å². The van der Waals surface area contributed by atoms with Crippen LogP contribution in [0.3, 0.4) is 0 Å². The lowest BCUT2D eigenvalue weighted by Crippen LogP contribution is -2.44. The number of ketones is 1. The third-order valence-corrected chi connectivity index (χ3v) is 5.21. The normalized spacial score (nSPS) is 30.3. The lowest BCUT2D eigenvalue weighted by atomic mass is 9.82. The number of epoxide rings is 1. The first-order valence-electron chi connectivity index (χ1n) is 7.93. The van der Waals surface area contributed by atoms with Crippen LogP contribution in [-0.2, 0) is 14.3 Å². The van der Waals surface area contributed by atoms with E-state index < -0.39 is 17.1 Å². The van der Waals surface area contributed by atoms with Crippen LogP contribution in [0.5, 0.6) is 11.5 Å². The number of ether oxygens (including phenoxy) is 4. The summed E-state index contributed by atoms with van der Waals surface area (Å²) in [5.41, 5.74) is -0.738. The zero-order valence-corrected chi connectivity index (χ0v) is 16.4. The van der Waals surface area contributed by atoms with Crippen molar-refractivity contribution in [1.29, 1.82) is 0 Å². The van der Waals surface area contributed by atoms with E-state index in [1.165, 1.54) is 0 Å². The minimum Gasteiger partial charge on any atom is -0.496 e. The van der Waals surface area contributed by atoms with E-state index >= 15 is 0 Å². The Morgan fingerprint density at radius 2 is 1.62 bits per heavy atom. The highest BCUT2D eigenvalue weighted by atomic mass is 79.9. The molecule has 2 heterocycles. The van der Waals surface area contributed by atoms with Crippen LogP contribution in [0.25, 0.3) is 0 Å². The summed E-state index contributed by atoms with van der Waals surface area (Å²) in [7, 11) is 3.17. The van der Waals surface area contributed by atoms with Crippen LogP contribution >= 0.6 is 15.9 Å². The molecule has 2 aliphatic heterocycles. The molecule has 0 bridgehead atoms. The number of methoxy groups -OCH3 is 2. The molecule has 0 radical (unpaired) electrons. The van der Waals surface area contributed by atoms with Gasteiger partial charge in [-0.15, -0.1) is 0 Å². The molecule has 2 fully saturated rings. The van der Waals surface area contributed by atoms with Gasteiger partial charge in [0.05, 0.1) is 25.7 Å². The highest BCUT2D eigenvalue weighted by molar-refractivity contribution is 9.10. The van der Waals surface area contributed by atoms with Crippen molar-refractivity contribution >= 4 is 21.7 Å². The summed E-state index contributed by atoms with van der Waals surface area (Å²) in [6.07, 6.45) is -0.371. The monoisotopic (exact) mass is 398 g/mol. The molecule has 1 aromatic rings. The molecule has 24 heavy (non-hydrogen) atoms. The van der Waals surface area contributed by atoms with E-state index in [4.69, 9.17) is 18.9 Å². The molecule has 0 N–H and O–H groups in total. The molecule has 2 aliphatic rings. The van der Waals surface area contributed by atoms with Crippen LogP contribution in [0, 0.1) is 0 Å². The third kappa shape index (κ3) is 2.74. The summed E-state index contributed by atoms with van der Waals surface area (Å²) >= 11 is 3.45. The van der Waals surface area contributed by atoms with Crippen LogP contribution in [0.2, 0.25) is 0 Å². The van der Waals surface area contributed by atoms with Crippen LogP contribution in [0.1, 0.15) is 39.2 Å². The number of rotatable bonds is 3. The molecule has 5 nitrogen and oxygen atoms in total. The van der Waals surface area contributed by atoms with E-state index in [0.29, 0.717) is 11.5 Å². The molecule has 0 amide bonds. The zero-order chi connectivity index (χ0) is 17.9. The van der Waals surface area contributed by atoms with Gasteiger partial charge in [0.2, 0.25) is 0 Å². The van der Waals surface area contributed by atoms with Gasteiger partial charge in [-0.1, -0.05) is 15.9 Å². The molecule has 0 aliphatic carbocycles. The molecular formula is C18H23BrO5. The van der Waals surface area contributed by atoms with Crippen molar-refractivity contribution in [1.82, 2.24) is 0 Å². The lowest BCUT2D eigenvalue weighted by molar-refractivity contribution is -0.163. The van der Waals surface area contributed by atoms with E-state index in [0.717, 1.165) is 10.0 Å². The fraction of sp³-hybridized carbons (Fsp3) is 0.611. The van der Waals surface area contributed by atoms with Gasteiger partial charge in [0.15, 0.2) is 5.78 Å². The SMILES string of the molecule is COc1cc(Br)cc(OC)c1C1C(=O)C(C)(C)OC(C)(C)C2OC12. The Balaban J connectivity index is 2.17. The standard InChI is InChI=1S/C18H23BrO5/c1-17(2)15(20)13(14-16(23-14)18(3,4)24-17)12-10(21-5)7-9(19)8-11(12)22-6/h7-8,13-14,16H,1-6H3. The van der Waals surface area contributed by atoms with Crippen molar-refractivity contribution in [2.75, 3.05) is 14.2 Å². The van der Waals surface area contributed by atoms with Gasteiger partial charge in [-0.3, -0.25) is 4.79 Å². The van der Waals surface area contributed by atoms with Crippen molar-refractivity contribution in [3.63, 3.8) is 0 Å². The molecule has 132 valence electrons. The zero-order valence-electron chi connectivity index (χ0n) is 14.8. The molecule has 0 spiro atoms. The Morgan fingerprint density at radius 3 is 2.12 bits per heavy atom. The van der Waals surface area contributed by atoms with Crippen molar-refractivity contribution in [3.8, 4) is 11.5 Å². The van der Waals surface area contributed by atoms with Crippen molar-refractivity contribution in [2.24, 2.45) is 0 Å². The van der Waals surface area contributed by atoms with Gasteiger partial charge >= 0.3 is 0 Å². The summed E-state index contributed by atoms with van der Waals surface area (Å²) < 4.78 is 23.9. The maximum atomic E-state index is 13.3. The molecular weight excluding hydrogens is 376 g/mol. The average Bonchev–Trinajstić information content (AvgIpc) is 3.27. The second kappa shape index (κ2) is 5.71. The predicted molar refractivity (Wildman–Crippen MR) is 92.9 cm³/mol. The van der Waals surface area contributed by atoms with Crippen LogP contribution in [0.15, 0.2) is 16.6 Å². The van der Waals surface area contributed by atoms with Crippen LogP contribution < -0.4 is 9.47 Å². The largest absolute Gasteiger partial charge is 0.496 e.